The van der Waals surface area contributed by atoms with Crippen LogP contribution < -0.4 is 5.32 Å². The second kappa shape index (κ2) is 7.26. The normalized spacial score (nSPS) is 22.8. The number of hydrogen-bond acceptors (Lipinski definition) is 7. The first-order valence-corrected chi connectivity index (χ1v) is 10.8. The van der Waals surface area contributed by atoms with Crippen molar-refractivity contribution in [1.29, 1.82) is 0 Å². The summed E-state index contributed by atoms with van der Waals surface area (Å²) in [6.45, 7) is 0. The van der Waals surface area contributed by atoms with E-state index in [0.717, 1.165) is 6.42 Å². The fourth-order valence-corrected chi connectivity index (χ4v) is 5.07. The number of hydrogen-bond donors (Lipinski definition) is 2. The van der Waals surface area contributed by atoms with Gasteiger partial charge in [-0.1, -0.05) is 29.6 Å². The highest BCUT2D eigenvalue weighted by atomic mass is 35.5. The molecule has 4 aromatic rings. The van der Waals surface area contributed by atoms with Crippen LogP contribution in [0.5, 0.6) is 0 Å². The van der Waals surface area contributed by atoms with Gasteiger partial charge in [0.1, 0.15) is 10.7 Å². The van der Waals surface area contributed by atoms with E-state index in [2.05, 4.69) is 35.4 Å². The Hall–Kier alpha value is -3.07. The minimum absolute atomic E-state index is 0.0512. The molecule has 1 unspecified atom stereocenters. The van der Waals surface area contributed by atoms with E-state index in [-0.39, 0.29) is 28.5 Å². The number of halogens is 2. The van der Waals surface area contributed by atoms with Gasteiger partial charge in [0, 0.05) is 18.3 Å². The molecule has 7 rings (SSSR count). The first-order valence-electron chi connectivity index (χ1n) is 10.4. The minimum Gasteiger partial charge on any atom is -0.364 e. The van der Waals surface area contributed by atoms with Crippen molar-refractivity contribution in [1.82, 2.24) is 30.1 Å². The molecule has 3 aliphatic carbocycles. The highest BCUT2D eigenvalue weighted by molar-refractivity contribution is 6.29. The monoisotopic (exact) mass is 439 g/mol. The van der Waals surface area contributed by atoms with E-state index < -0.39 is 5.82 Å². The summed E-state index contributed by atoms with van der Waals surface area (Å²) in [5.74, 6) is 1.39. The predicted molar refractivity (Wildman–Crippen MR) is 113 cm³/mol. The van der Waals surface area contributed by atoms with Gasteiger partial charge in [-0.3, -0.25) is 0 Å². The molecule has 0 spiro atoms. The Morgan fingerprint density at radius 2 is 2.03 bits per heavy atom. The standard InChI is InChI=1S/C21H19ClFN7O/c22-15-9-25-21-17(28-15)12(8-24-21)19-29-18(14-5-6-26-31-14)16(23)20(30-19)27-13-7-10-1-3-11(13)4-2-10/h5-6,8-11,13H,1-4,7H2,(H,24,25)(H,27,29,30). The molecular weight excluding hydrogens is 421 g/mol. The van der Waals surface area contributed by atoms with Crippen LogP contribution in [-0.4, -0.2) is 36.1 Å². The fourth-order valence-electron chi connectivity index (χ4n) is 4.93. The maximum atomic E-state index is 15.5. The van der Waals surface area contributed by atoms with Crippen LogP contribution in [0.3, 0.4) is 0 Å². The lowest BCUT2D eigenvalue weighted by Gasteiger charge is -2.42. The highest BCUT2D eigenvalue weighted by Crippen LogP contribution is 2.43. The van der Waals surface area contributed by atoms with Crippen molar-refractivity contribution in [2.45, 2.75) is 38.1 Å². The maximum Gasteiger partial charge on any atom is 0.195 e. The topological polar surface area (TPSA) is 105 Å². The third kappa shape index (κ3) is 3.23. The predicted octanol–water partition coefficient (Wildman–Crippen LogP) is 4.85. The number of aromatic amines is 1. The molecule has 0 radical (unpaired) electrons. The molecule has 10 heteroatoms. The number of anilines is 1. The largest absolute Gasteiger partial charge is 0.364 e. The Morgan fingerprint density at radius 1 is 1.16 bits per heavy atom. The van der Waals surface area contributed by atoms with Crippen LogP contribution in [0.25, 0.3) is 34.0 Å². The molecule has 8 nitrogen and oxygen atoms in total. The maximum absolute atomic E-state index is 15.5. The summed E-state index contributed by atoms with van der Waals surface area (Å²) in [7, 11) is 0. The van der Waals surface area contributed by atoms with Gasteiger partial charge in [-0.2, -0.15) is 0 Å². The number of H-pyrrole nitrogens is 1. The summed E-state index contributed by atoms with van der Waals surface area (Å²) < 4.78 is 20.7. The average molecular weight is 440 g/mol. The first kappa shape index (κ1) is 18.7. The van der Waals surface area contributed by atoms with E-state index in [0.29, 0.717) is 34.4 Å². The molecule has 2 N–H and O–H groups in total. The van der Waals surface area contributed by atoms with Crippen molar-refractivity contribution in [2.75, 3.05) is 5.32 Å². The van der Waals surface area contributed by atoms with Gasteiger partial charge in [-0.05, 0) is 31.1 Å². The van der Waals surface area contributed by atoms with Crippen LogP contribution in [0.2, 0.25) is 5.15 Å². The minimum atomic E-state index is -0.550. The zero-order valence-corrected chi connectivity index (χ0v) is 17.2. The summed E-state index contributed by atoms with van der Waals surface area (Å²) in [6, 6.07) is 1.78. The Kier molecular flexibility index (Phi) is 4.38. The summed E-state index contributed by atoms with van der Waals surface area (Å²) in [5, 5.41) is 7.34. The van der Waals surface area contributed by atoms with Crippen molar-refractivity contribution in [3.05, 3.63) is 35.6 Å². The third-order valence-electron chi connectivity index (χ3n) is 6.48. The lowest BCUT2D eigenvalue weighted by Crippen LogP contribution is -2.40. The molecule has 0 aromatic carbocycles. The average Bonchev–Trinajstić information content (AvgIpc) is 3.46. The Morgan fingerprint density at radius 3 is 2.77 bits per heavy atom. The van der Waals surface area contributed by atoms with Crippen LogP contribution in [0.15, 0.2) is 29.2 Å². The van der Waals surface area contributed by atoms with E-state index >= 15 is 4.39 Å². The zero-order chi connectivity index (χ0) is 20.9. The molecule has 4 aromatic heterocycles. The van der Waals surface area contributed by atoms with Gasteiger partial charge in [-0.25, -0.2) is 24.3 Å². The van der Waals surface area contributed by atoms with Gasteiger partial charge in [0.2, 0.25) is 0 Å². The molecule has 2 bridgehead atoms. The molecule has 158 valence electrons. The lowest BCUT2D eigenvalue weighted by atomic mass is 9.68. The number of aromatic nitrogens is 6. The Balaban J connectivity index is 1.47. The SMILES string of the molecule is Fc1c(NC2CC3CCC2CC3)nc(-c2c[nH]c3ncc(Cl)nc23)nc1-c1ccno1. The molecule has 0 saturated heterocycles. The number of rotatable bonds is 4. The van der Waals surface area contributed by atoms with Crippen LogP contribution in [0, 0.1) is 17.7 Å². The number of nitrogens with zero attached hydrogens (tertiary/aromatic N) is 5. The molecule has 0 aliphatic heterocycles. The molecule has 3 aliphatic rings. The van der Waals surface area contributed by atoms with Crippen LogP contribution in [-0.2, 0) is 0 Å². The van der Waals surface area contributed by atoms with Gasteiger partial charge in [0.05, 0.1) is 18.0 Å². The number of fused-ring (bicyclic) bond motifs is 4. The molecule has 3 saturated carbocycles. The van der Waals surface area contributed by atoms with Gasteiger partial charge >= 0.3 is 0 Å². The first-order chi connectivity index (χ1) is 15.2. The van der Waals surface area contributed by atoms with E-state index in [1.165, 1.54) is 38.1 Å². The van der Waals surface area contributed by atoms with Crippen molar-refractivity contribution < 1.29 is 8.91 Å². The molecule has 3 fully saturated rings. The fraction of sp³-hybridized carbons (Fsp3) is 0.381. The molecular formula is C21H19ClFN7O. The van der Waals surface area contributed by atoms with E-state index in [1.54, 1.807) is 12.3 Å². The summed E-state index contributed by atoms with van der Waals surface area (Å²) in [5.41, 5.74) is 1.70. The van der Waals surface area contributed by atoms with Crippen molar-refractivity contribution in [2.24, 2.45) is 11.8 Å². The summed E-state index contributed by atoms with van der Waals surface area (Å²) >= 11 is 6.05. The second-order valence-electron chi connectivity index (χ2n) is 8.29. The second-order valence-corrected chi connectivity index (χ2v) is 8.68. The van der Waals surface area contributed by atoms with Gasteiger partial charge < -0.3 is 14.8 Å². The summed E-state index contributed by atoms with van der Waals surface area (Å²) in [6.07, 6.45) is 10.5. The van der Waals surface area contributed by atoms with Gasteiger partial charge in [-0.15, -0.1) is 0 Å². The van der Waals surface area contributed by atoms with E-state index in [4.69, 9.17) is 16.1 Å². The van der Waals surface area contributed by atoms with Crippen LogP contribution in [0.1, 0.15) is 32.1 Å². The smallest absolute Gasteiger partial charge is 0.195 e. The lowest BCUT2D eigenvalue weighted by molar-refractivity contribution is 0.157. The molecule has 0 amide bonds. The van der Waals surface area contributed by atoms with Crippen LogP contribution in [0.4, 0.5) is 10.2 Å². The van der Waals surface area contributed by atoms with Crippen LogP contribution >= 0.6 is 11.6 Å². The Bertz CT molecular complexity index is 1250. The molecule has 31 heavy (non-hydrogen) atoms. The molecule has 1 atom stereocenters. The Labute approximate surface area is 181 Å². The van der Waals surface area contributed by atoms with E-state index in [1.807, 2.05) is 0 Å². The summed E-state index contributed by atoms with van der Waals surface area (Å²) in [4.78, 5) is 20.6. The molecule has 4 heterocycles. The zero-order valence-electron chi connectivity index (χ0n) is 16.5. The van der Waals surface area contributed by atoms with Crippen molar-refractivity contribution in [3.63, 3.8) is 0 Å². The number of nitrogens with one attached hydrogen (secondary N) is 2. The third-order valence-corrected chi connectivity index (χ3v) is 6.67. The van der Waals surface area contributed by atoms with E-state index in [9.17, 15) is 0 Å². The highest BCUT2D eigenvalue weighted by Gasteiger charge is 2.36. The quantitative estimate of drug-likeness (QED) is 0.468. The van der Waals surface area contributed by atoms with Gasteiger partial charge in [0.25, 0.3) is 0 Å². The van der Waals surface area contributed by atoms with Crippen molar-refractivity contribution in [3.8, 4) is 22.8 Å². The van der Waals surface area contributed by atoms with Crippen molar-refractivity contribution >= 4 is 28.6 Å². The van der Waals surface area contributed by atoms with Gasteiger partial charge in [0.15, 0.2) is 34.6 Å².